The van der Waals surface area contributed by atoms with Crippen molar-refractivity contribution in [1.82, 2.24) is 9.78 Å². The summed E-state index contributed by atoms with van der Waals surface area (Å²) in [6.45, 7) is 1.91. The Kier molecular flexibility index (Phi) is 5.44. The number of hydrogen-bond acceptors (Lipinski definition) is 3. The molecule has 1 aromatic heterocycles. The maximum Gasteiger partial charge on any atom is 0.276 e. The third-order valence-electron chi connectivity index (χ3n) is 3.58. The zero-order chi connectivity index (χ0) is 18.7. The smallest absolute Gasteiger partial charge is 0.276 e. The Bertz CT molecular complexity index is 959. The number of hydrogen-bond donors (Lipinski definition) is 1. The maximum absolute atomic E-state index is 13.1. The minimum Gasteiger partial charge on any atom is -0.471 e. The van der Waals surface area contributed by atoms with Gasteiger partial charge in [-0.1, -0.05) is 29.3 Å². The molecule has 1 N–H and O–H groups in total. The van der Waals surface area contributed by atoms with Crippen LogP contribution in [0.15, 0.2) is 48.7 Å². The molecule has 0 bridgehead atoms. The van der Waals surface area contributed by atoms with Crippen LogP contribution in [-0.2, 0) is 6.73 Å². The lowest BCUT2D eigenvalue weighted by Gasteiger charge is -2.08. The lowest BCUT2D eigenvalue weighted by atomic mass is 10.2. The van der Waals surface area contributed by atoms with Crippen LogP contribution in [0.5, 0.6) is 5.75 Å². The second-order valence-electron chi connectivity index (χ2n) is 5.50. The first kappa shape index (κ1) is 18.2. The number of carbonyl (C=O) groups excluding carboxylic acids is 1. The Morgan fingerprint density at radius 1 is 1.23 bits per heavy atom. The van der Waals surface area contributed by atoms with E-state index in [2.05, 4.69) is 10.4 Å². The predicted molar refractivity (Wildman–Crippen MR) is 98.4 cm³/mol. The summed E-state index contributed by atoms with van der Waals surface area (Å²) >= 11 is 11.7. The predicted octanol–water partition coefficient (Wildman–Crippen LogP) is 4.93. The van der Waals surface area contributed by atoms with Crippen molar-refractivity contribution >= 4 is 34.8 Å². The lowest BCUT2D eigenvalue weighted by molar-refractivity contribution is 0.102. The Hall–Kier alpha value is -2.57. The van der Waals surface area contributed by atoms with E-state index in [1.807, 2.05) is 13.0 Å². The molecule has 0 aliphatic heterocycles. The summed E-state index contributed by atoms with van der Waals surface area (Å²) < 4.78 is 20.0. The third-order valence-corrected chi connectivity index (χ3v) is 4.10. The van der Waals surface area contributed by atoms with Crippen molar-refractivity contribution in [2.24, 2.45) is 0 Å². The molecule has 3 rings (SSSR count). The number of anilines is 1. The van der Waals surface area contributed by atoms with Crippen molar-refractivity contribution in [3.8, 4) is 5.75 Å². The first-order valence-electron chi connectivity index (χ1n) is 7.61. The highest BCUT2D eigenvalue weighted by Gasteiger charge is 2.12. The molecule has 0 fully saturated rings. The van der Waals surface area contributed by atoms with E-state index in [9.17, 15) is 9.18 Å². The molecule has 0 aliphatic rings. The molecule has 8 heteroatoms. The van der Waals surface area contributed by atoms with Gasteiger partial charge in [-0.25, -0.2) is 9.07 Å². The fourth-order valence-electron chi connectivity index (χ4n) is 2.18. The van der Waals surface area contributed by atoms with E-state index in [1.165, 1.54) is 22.9 Å². The minimum atomic E-state index is -0.520. The average molecular weight is 394 g/mol. The van der Waals surface area contributed by atoms with E-state index in [4.69, 9.17) is 27.9 Å². The summed E-state index contributed by atoms with van der Waals surface area (Å²) in [6.07, 6.45) is 1.60. The van der Waals surface area contributed by atoms with Gasteiger partial charge in [-0.2, -0.15) is 5.10 Å². The van der Waals surface area contributed by atoms with Crippen LogP contribution < -0.4 is 10.1 Å². The van der Waals surface area contributed by atoms with Crippen LogP contribution in [0.4, 0.5) is 10.1 Å². The fourth-order valence-corrected chi connectivity index (χ4v) is 2.52. The fraction of sp³-hybridized carbons (Fsp3) is 0.111. The van der Waals surface area contributed by atoms with Gasteiger partial charge in [-0.15, -0.1) is 0 Å². The number of nitrogens with zero attached hydrogens (tertiary/aromatic N) is 2. The topological polar surface area (TPSA) is 56.2 Å². The van der Waals surface area contributed by atoms with Crippen molar-refractivity contribution in [3.63, 3.8) is 0 Å². The van der Waals surface area contributed by atoms with Gasteiger partial charge in [-0.05, 0) is 42.8 Å². The van der Waals surface area contributed by atoms with Gasteiger partial charge in [-0.3, -0.25) is 4.79 Å². The van der Waals surface area contributed by atoms with Gasteiger partial charge >= 0.3 is 0 Å². The zero-order valence-corrected chi connectivity index (χ0v) is 15.2. The van der Waals surface area contributed by atoms with Gasteiger partial charge < -0.3 is 10.1 Å². The molecule has 0 saturated carbocycles. The molecule has 26 heavy (non-hydrogen) atoms. The van der Waals surface area contributed by atoms with Gasteiger partial charge in [0.1, 0.15) is 11.6 Å². The summed E-state index contributed by atoms with van der Waals surface area (Å²) in [5.41, 5.74) is 1.73. The second kappa shape index (κ2) is 7.76. The minimum absolute atomic E-state index is 0.0278. The van der Waals surface area contributed by atoms with Crippen LogP contribution in [0.3, 0.4) is 0 Å². The quantitative estimate of drug-likeness (QED) is 0.668. The Morgan fingerprint density at radius 2 is 2.04 bits per heavy atom. The highest BCUT2D eigenvalue weighted by Crippen LogP contribution is 2.22. The van der Waals surface area contributed by atoms with Crippen LogP contribution >= 0.6 is 23.2 Å². The van der Waals surface area contributed by atoms with Crippen LogP contribution in [0, 0.1) is 12.7 Å². The highest BCUT2D eigenvalue weighted by atomic mass is 35.5. The van der Waals surface area contributed by atoms with E-state index in [0.717, 1.165) is 5.56 Å². The molecule has 134 valence electrons. The molecule has 0 atom stereocenters. The van der Waals surface area contributed by atoms with Gasteiger partial charge in [0.2, 0.25) is 0 Å². The van der Waals surface area contributed by atoms with Gasteiger partial charge in [0.15, 0.2) is 12.4 Å². The molecule has 2 aromatic carbocycles. The van der Waals surface area contributed by atoms with Crippen molar-refractivity contribution < 1.29 is 13.9 Å². The largest absolute Gasteiger partial charge is 0.471 e. The number of rotatable bonds is 5. The average Bonchev–Trinajstić information content (AvgIpc) is 3.08. The van der Waals surface area contributed by atoms with Crippen molar-refractivity contribution in [1.29, 1.82) is 0 Å². The number of amides is 1. The molecule has 0 saturated heterocycles. The number of aryl methyl sites for hydroxylation is 1. The molecule has 0 radical (unpaired) electrons. The van der Waals surface area contributed by atoms with E-state index in [1.54, 1.807) is 24.4 Å². The molecule has 1 amide bonds. The number of benzene rings is 2. The van der Waals surface area contributed by atoms with Gasteiger partial charge in [0, 0.05) is 23.0 Å². The number of halogens is 3. The Morgan fingerprint density at radius 3 is 2.81 bits per heavy atom. The lowest BCUT2D eigenvalue weighted by Crippen LogP contribution is -2.15. The van der Waals surface area contributed by atoms with E-state index >= 15 is 0 Å². The molecule has 5 nitrogen and oxygen atoms in total. The Balaban J connectivity index is 1.64. The molecular formula is C18H14Cl2FN3O2. The molecular weight excluding hydrogens is 380 g/mol. The van der Waals surface area contributed by atoms with Crippen LogP contribution in [0.2, 0.25) is 10.0 Å². The van der Waals surface area contributed by atoms with Crippen molar-refractivity contribution in [3.05, 3.63) is 75.8 Å². The summed E-state index contributed by atoms with van der Waals surface area (Å²) in [7, 11) is 0. The number of ether oxygens (including phenoxy) is 1. The monoisotopic (exact) mass is 393 g/mol. The summed E-state index contributed by atoms with van der Waals surface area (Å²) in [5.74, 6) is -0.486. The van der Waals surface area contributed by atoms with E-state index in [-0.39, 0.29) is 23.4 Å². The van der Waals surface area contributed by atoms with Crippen LogP contribution in [0.25, 0.3) is 0 Å². The SMILES string of the molecule is Cc1ccc(Cl)cc1NC(=O)c1ccn(COc2ccc(F)c(Cl)c2)n1. The van der Waals surface area contributed by atoms with Crippen molar-refractivity contribution in [2.75, 3.05) is 5.32 Å². The van der Waals surface area contributed by atoms with Crippen LogP contribution in [-0.4, -0.2) is 15.7 Å². The molecule has 0 aliphatic carbocycles. The first-order chi connectivity index (χ1) is 12.4. The number of nitrogens with one attached hydrogen (secondary N) is 1. The van der Waals surface area contributed by atoms with Crippen molar-refractivity contribution in [2.45, 2.75) is 13.7 Å². The summed E-state index contributed by atoms with van der Waals surface area (Å²) in [5, 5.41) is 7.42. The zero-order valence-electron chi connectivity index (χ0n) is 13.7. The maximum atomic E-state index is 13.1. The third kappa shape index (κ3) is 4.33. The molecule has 0 spiro atoms. The number of carbonyl (C=O) groups is 1. The highest BCUT2D eigenvalue weighted by molar-refractivity contribution is 6.31. The standard InChI is InChI=1S/C18H14Cl2FN3O2/c1-11-2-3-12(19)8-17(11)22-18(25)16-6-7-24(23-16)10-26-13-4-5-15(21)14(20)9-13/h2-9H,10H2,1H3,(H,22,25). The molecule has 1 heterocycles. The first-order valence-corrected chi connectivity index (χ1v) is 8.37. The van der Waals surface area contributed by atoms with E-state index < -0.39 is 5.82 Å². The van der Waals surface area contributed by atoms with E-state index in [0.29, 0.717) is 16.5 Å². The van der Waals surface area contributed by atoms with Gasteiger partial charge in [0.05, 0.1) is 5.02 Å². The summed E-state index contributed by atoms with van der Waals surface area (Å²) in [6, 6.07) is 10.9. The summed E-state index contributed by atoms with van der Waals surface area (Å²) in [4.78, 5) is 12.3. The normalized spacial score (nSPS) is 10.6. The number of aromatic nitrogens is 2. The Labute approximate surface area is 159 Å². The second-order valence-corrected chi connectivity index (χ2v) is 6.35. The van der Waals surface area contributed by atoms with Crippen LogP contribution in [0.1, 0.15) is 16.1 Å². The molecule has 0 unspecified atom stereocenters. The van der Waals surface area contributed by atoms with Gasteiger partial charge in [0.25, 0.3) is 5.91 Å². The molecule has 3 aromatic rings.